The molecule has 2 nitrogen and oxygen atoms in total. The van der Waals surface area contributed by atoms with Crippen LogP contribution in [0.3, 0.4) is 0 Å². The molecule has 0 atom stereocenters. The molecular weight excluding hydrogens is 316 g/mol. The molecule has 0 aliphatic heterocycles. The molecule has 0 saturated carbocycles. The summed E-state index contributed by atoms with van der Waals surface area (Å²) in [6.07, 6.45) is 9.14. The minimum Gasteiger partial charge on any atom is -0.497 e. The summed E-state index contributed by atoms with van der Waals surface area (Å²) in [5.41, 5.74) is 1.17. The molecule has 1 aromatic rings. The van der Waals surface area contributed by atoms with Crippen molar-refractivity contribution in [1.29, 1.82) is 0 Å². The SMILES string of the molecule is CCCCCCCCCOc1cc(OC)ccc1CBr. The minimum absolute atomic E-state index is 0.793. The third-order valence-corrected chi connectivity index (χ3v) is 4.03. The smallest absolute Gasteiger partial charge is 0.127 e. The largest absolute Gasteiger partial charge is 0.497 e. The molecule has 114 valence electrons. The molecule has 0 bridgehead atoms. The van der Waals surface area contributed by atoms with Gasteiger partial charge in [0, 0.05) is 17.0 Å². The van der Waals surface area contributed by atoms with Gasteiger partial charge in [-0.25, -0.2) is 0 Å². The summed E-state index contributed by atoms with van der Waals surface area (Å²) >= 11 is 3.49. The van der Waals surface area contributed by atoms with Gasteiger partial charge in [-0.2, -0.15) is 0 Å². The first-order valence-electron chi connectivity index (χ1n) is 7.67. The lowest BCUT2D eigenvalue weighted by molar-refractivity contribution is 0.300. The van der Waals surface area contributed by atoms with Crippen molar-refractivity contribution in [2.24, 2.45) is 0 Å². The Morgan fingerprint density at radius 1 is 1.00 bits per heavy atom. The van der Waals surface area contributed by atoms with E-state index in [9.17, 15) is 0 Å². The molecule has 20 heavy (non-hydrogen) atoms. The van der Waals surface area contributed by atoms with Gasteiger partial charge in [-0.1, -0.05) is 67.4 Å². The molecule has 0 aromatic heterocycles. The van der Waals surface area contributed by atoms with E-state index in [0.29, 0.717) is 0 Å². The van der Waals surface area contributed by atoms with Gasteiger partial charge in [-0.05, 0) is 12.5 Å². The maximum absolute atomic E-state index is 5.89. The number of ether oxygens (including phenoxy) is 2. The Morgan fingerprint density at radius 2 is 1.70 bits per heavy atom. The van der Waals surface area contributed by atoms with E-state index in [-0.39, 0.29) is 0 Å². The highest BCUT2D eigenvalue weighted by Gasteiger charge is 2.04. The topological polar surface area (TPSA) is 18.5 Å². The zero-order chi connectivity index (χ0) is 14.6. The van der Waals surface area contributed by atoms with E-state index in [2.05, 4.69) is 22.9 Å². The van der Waals surface area contributed by atoms with Crippen molar-refractivity contribution in [3.63, 3.8) is 0 Å². The predicted octanol–water partition coefficient (Wildman–Crippen LogP) is 5.72. The third kappa shape index (κ3) is 6.65. The van der Waals surface area contributed by atoms with Crippen LogP contribution in [0.15, 0.2) is 18.2 Å². The highest BCUT2D eigenvalue weighted by atomic mass is 79.9. The molecule has 0 heterocycles. The Bertz CT molecular complexity index is 366. The molecule has 0 fully saturated rings. The highest BCUT2D eigenvalue weighted by molar-refractivity contribution is 9.08. The summed E-state index contributed by atoms with van der Waals surface area (Å²) in [4.78, 5) is 0. The van der Waals surface area contributed by atoms with E-state index in [0.717, 1.165) is 29.9 Å². The van der Waals surface area contributed by atoms with Crippen LogP contribution in [0.4, 0.5) is 0 Å². The van der Waals surface area contributed by atoms with Crippen molar-refractivity contribution in [3.8, 4) is 11.5 Å². The Hall–Kier alpha value is -0.700. The molecular formula is C17H27BrO2. The molecule has 0 aliphatic rings. The molecule has 0 N–H and O–H groups in total. The van der Waals surface area contributed by atoms with Crippen LogP contribution < -0.4 is 9.47 Å². The molecule has 0 radical (unpaired) electrons. The molecule has 0 aliphatic carbocycles. The Kier molecular flexibility index (Phi) is 9.56. The second-order valence-electron chi connectivity index (χ2n) is 5.08. The van der Waals surface area contributed by atoms with Crippen LogP contribution in [-0.4, -0.2) is 13.7 Å². The number of hydrogen-bond donors (Lipinski definition) is 0. The number of rotatable bonds is 11. The van der Waals surface area contributed by atoms with Crippen LogP contribution in [0.2, 0.25) is 0 Å². The minimum atomic E-state index is 0.793. The lowest BCUT2D eigenvalue weighted by Gasteiger charge is -2.11. The molecule has 1 aromatic carbocycles. The van der Waals surface area contributed by atoms with E-state index in [4.69, 9.17) is 9.47 Å². The van der Waals surface area contributed by atoms with Gasteiger partial charge in [-0.3, -0.25) is 0 Å². The van der Waals surface area contributed by atoms with Crippen LogP contribution in [0.5, 0.6) is 11.5 Å². The lowest BCUT2D eigenvalue weighted by atomic mass is 10.1. The number of unbranched alkanes of at least 4 members (excludes halogenated alkanes) is 6. The second kappa shape index (κ2) is 11.0. The zero-order valence-electron chi connectivity index (χ0n) is 12.8. The van der Waals surface area contributed by atoms with Crippen molar-refractivity contribution < 1.29 is 9.47 Å². The second-order valence-corrected chi connectivity index (χ2v) is 5.64. The van der Waals surface area contributed by atoms with Crippen molar-refractivity contribution >= 4 is 15.9 Å². The van der Waals surface area contributed by atoms with Crippen molar-refractivity contribution in [2.45, 2.75) is 57.2 Å². The molecule has 0 spiro atoms. The van der Waals surface area contributed by atoms with Crippen LogP contribution in [0.1, 0.15) is 57.4 Å². The van der Waals surface area contributed by atoms with Crippen LogP contribution in [-0.2, 0) is 5.33 Å². The molecule has 0 unspecified atom stereocenters. The average molecular weight is 343 g/mol. The lowest BCUT2D eigenvalue weighted by Crippen LogP contribution is -2.00. The Morgan fingerprint density at radius 3 is 2.35 bits per heavy atom. The first kappa shape index (κ1) is 17.4. The fourth-order valence-corrected chi connectivity index (χ4v) is 2.61. The van der Waals surface area contributed by atoms with Crippen LogP contribution >= 0.6 is 15.9 Å². The van der Waals surface area contributed by atoms with E-state index in [1.807, 2.05) is 18.2 Å². The van der Waals surface area contributed by atoms with E-state index in [1.165, 1.54) is 44.1 Å². The summed E-state index contributed by atoms with van der Waals surface area (Å²) in [6, 6.07) is 5.99. The summed E-state index contributed by atoms with van der Waals surface area (Å²) in [5, 5.41) is 0.809. The quantitative estimate of drug-likeness (QED) is 0.378. The number of benzene rings is 1. The molecule has 0 saturated heterocycles. The van der Waals surface area contributed by atoms with Crippen molar-refractivity contribution in [2.75, 3.05) is 13.7 Å². The Balaban J connectivity index is 2.24. The van der Waals surface area contributed by atoms with Gasteiger partial charge < -0.3 is 9.47 Å². The van der Waals surface area contributed by atoms with Crippen LogP contribution in [0.25, 0.3) is 0 Å². The van der Waals surface area contributed by atoms with Gasteiger partial charge in [0.15, 0.2) is 0 Å². The van der Waals surface area contributed by atoms with Gasteiger partial charge in [0.1, 0.15) is 11.5 Å². The van der Waals surface area contributed by atoms with Gasteiger partial charge in [0.05, 0.1) is 13.7 Å². The molecule has 0 amide bonds. The summed E-state index contributed by atoms with van der Waals surface area (Å²) in [6.45, 7) is 3.05. The Labute approximate surface area is 132 Å². The third-order valence-electron chi connectivity index (χ3n) is 3.42. The standard InChI is InChI=1S/C17H27BrO2/c1-3-4-5-6-7-8-9-12-20-17-13-16(19-2)11-10-15(17)14-18/h10-11,13H,3-9,12,14H2,1-2H3. The van der Waals surface area contributed by atoms with E-state index < -0.39 is 0 Å². The number of hydrogen-bond acceptors (Lipinski definition) is 2. The average Bonchev–Trinajstić information content (AvgIpc) is 2.49. The van der Waals surface area contributed by atoms with Crippen LogP contribution in [0, 0.1) is 0 Å². The summed E-state index contributed by atoms with van der Waals surface area (Å²) in [7, 11) is 1.68. The molecule has 3 heteroatoms. The number of halogens is 1. The van der Waals surface area contributed by atoms with Gasteiger partial charge in [-0.15, -0.1) is 0 Å². The van der Waals surface area contributed by atoms with Gasteiger partial charge in [0.2, 0.25) is 0 Å². The molecule has 1 rings (SSSR count). The highest BCUT2D eigenvalue weighted by Crippen LogP contribution is 2.26. The monoisotopic (exact) mass is 342 g/mol. The first-order chi connectivity index (χ1) is 9.81. The van der Waals surface area contributed by atoms with E-state index in [1.54, 1.807) is 7.11 Å². The first-order valence-corrected chi connectivity index (χ1v) is 8.79. The zero-order valence-corrected chi connectivity index (χ0v) is 14.4. The predicted molar refractivity (Wildman–Crippen MR) is 89.1 cm³/mol. The number of alkyl halides is 1. The maximum atomic E-state index is 5.89. The summed E-state index contributed by atoms with van der Waals surface area (Å²) < 4.78 is 11.1. The van der Waals surface area contributed by atoms with Gasteiger partial charge in [0.25, 0.3) is 0 Å². The van der Waals surface area contributed by atoms with Gasteiger partial charge >= 0.3 is 0 Å². The fraction of sp³-hybridized carbons (Fsp3) is 0.647. The van der Waals surface area contributed by atoms with Crippen molar-refractivity contribution in [3.05, 3.63) is 23.8 Å². The fourth-order valence-electron chi connectivity index (χ4n) is 2.15. The number of methoxy groups -OCH3 is 1. The van der Waals surface area contributed by atoms with E-state index >= 15 is 0 Å². The maximum Gasteiger partial charge on any atom is 0.127 e. The van der Waals surface area contributed by atoms with Crippen molar-refractivity contribution in [1.82, 2.24) is 0 Å². The normalized spacial score (nSPS) is 10.6. The summed E-state index contributed by atoms with van der Waals surface area (Å²) in [5.74, 6) is 1.79.